The van der Waals surface area contributed by atoms with E-state index in [0.29, 0.717) is 43.4 Å². The molecule has 2 amide bonds. The largest absolute Gasteiger partial charge is 0.487 e. The first-order chi connectivity index (χ1) is 14.9. The van der Waals surface area contributed by atoms with E-state index in [1.54, 1.807) is 12.3 Å². The van der Waals surface area contributed by atoms with Crippen molar-refractivity contribution in [3.63, 3.8) is 0 Å². The van der Waals surface area contributed by atoms with Crippen LogP contribution in [0.2, 0.25) is 0 Å². The number of benzene rings is 2. The molecule has 1 spiro atoms. The van der Waals surface area contributed by atoms with Crippen molar-refractivity contribution in [2.24, 2.45) is 0 Å². The Morgan fingerprint density at radius 2 is 2.06 bits per heavy atom. The smallest absolute Gasteiger partial charge is 0.407 e. The number of amides is 2. The molecule has 0 radical (unpaired) electrons. The first-order valence-electron chi connectivity index (χ1n) is 10.1. The van der Waals surface area contributed by atoms with Gasteiger partial charge < -0.3 is 20.1 Å². The van der Waals surface area contributed by atoms with Gasteiger partial charge in [0, 0.05) is 47.8 Å². The molecule has 3 heterocycles. The number of rotatable bonds is 2. The molecule has 2 aliphatic rings. The van der Waals surface area contributed by atoms with Gasteiger partial charge in [-0.3, -0.25) is 9.89 Å². The van der Waals surface area contributed by atoms with Crippen molar-refractivity contribution in [2.45, 2.75) is 30.9 Å². The number of piperidine rings is 1. The SMILES string of the molecule is O=C(N[C@H]1CC2(CCN(C(=O)O)CC2)Oc2ccc(Br)cc21)c1cccc2cn[nH]c12. The molecule has 160 valence electrons. The molecule has 0 aliphatic carbocycles. The molecule has 0 unspecified atom stereocenters. The van der Waals surface area contributed by atoms with Crippen LogP contribution in [0.25, 0.3) is 10.9 Å². The molecule has 2 aromatic carbocycles. The summed E-state index contributed by atoms with van der Waals surface area (Å²) >= 11 is 3.51. The Hall–Kier alpha value is -3.07. The van der Waals surface area contributed by atoms with Gasteiger partial charge in [-0.15, -0.1) is 0 Å². The summed E-state index contributed by atoms with van der Waals surface area (Å²) in [6.45, 7) is 0.824. The highest BCUT2D eigenvalue weighted by atomic mass is 79.9. The number of hydrogen-bond acceptors (Lipinski definition) is 4. The third kappa shape index (κ3) is 3.63. The molecule has 1 aromatic heterocycles. The highest BCUT2D eigenvalue weighted by molar-refractivity contribution is 9.10. The Labute approximate surface area is 186 Å². The molecule has 3 aromatic rings. The van der Waals surface area contributed by atoms with Crippen LogP contribution in [0.5, 0.6) is 5.75 Å². The maximum atomic E-state index is 13.2. The van der Waals surface area contributed by atoms with Crippen molar-refractivity contribution in [2.75, 3.05) is 13.1 Å². The Morgan fingerprint density at radius 1 is 1.26 bits per heavy atom. The molecule has 5 rings (SSSR count). The van der Waals surface area contributed by atoms with E-state index in [1.165, 1.54) is 4.90 Å². The summed E-state index contributed by atoms with van der Waals surface area (Å²) in [7, 11) is 0. The van der Waals surface area contributed by atoms with Crippen LogP contribution >= 0.6 is 15.9 Å². The number of carboxylic acid groups (broad SMARTS) is 1. The monoisotopic (exact) mass is 484 g/mol. The van der Waals surface area contributed by atoms with Gasteiger partial charge in [-0.2, -0.15) is 5.10 Å². The predicted octanol–water partition coefficient (Wildman–Crippen LogP) is 4.09. The summed E-state index contributed by atoms with van der Waals surface area (Å²) in [6.07, 6.45) is 2.52. The minimum Gasteiger partial charge on any atom is -0.487 e. The predicted molar refractivity (Wildman–Crippen MR) is 117 cm³/mol. The number of nitrogens with one attached hydrogen (secondary N) is 2. The normalized spacial score (nSPS) is 19.6. The number of ether oxygens (including phenoxy) is 1. The lowest BCUT2D eigenvalue weighted by atomic mass is 9.80. The van der Waals surface area contributed by atoms with E-state index in [1.807, 2.05) is 30.3 Å². The number of carbonyl (C=O) groups excluding carboxylic acids is 1. The molecule has 2 aliphatic heterocycles. The van der Waals surface area contributed by atoms with E-state index < -0.39 is 11.7 Å². The molecule has 1 atom stereocenters. The van der Waals surface area contributed by atoms with Crippen LogP contribution in [0.15, 0.2) is 47.1 Å². The van der Waals surface area contributed by atoms with Crippen LogP contribution in [0, 0.1) is 0 Å². The van der Waals surface area contributed by atoms with Crippen molar-refractivity contribution in [3.05, 3.63) is 58.2 Å². The van der Waals surface area contributed by atoms with Crippen molar-refractivity contribution >= 4 is 38.8 Å². The van der Waals surface area contributed by atoms with Gasteiger partial charge in [0.15, 0.2) is 0 Å². The zero-order chi connectivity index (χ0) is 21.6. The molecular formula is C22H21BrN4O4. The number of halogens is 1. The number of H-pyrrole nitrogens is 1. The lowest BCUT2D eigenvalue weighted by molar-refractivity contribution is -0.0205. The molecule has 1 saturated heterocycles. The summed E-state index contributed by atoms with van der Waals surface area (Å²) < 4.78 is 7.32. The highest BCUT2D eigenvalue weighted by Gasteiger charge is 2.44. The number of para-hydroxylation sites is 1. The first kappa shape index (κ1) is 19.9. The molecule has 3 N–H and O–H groups in total. The number of likely N-dealkylation sites (tertiary alicyclic amines) is 1. The van der Waals surface area contributed by atoms with Crippen molar-refractivity contribution < 1.29 is 19.4 Å². The second-order valence-corrected chi connectivity index (χ2v) is 9.02. The van der Waals surface area contributed by atoms with E-state index in [4.69, 9.17) is 4.74 Å². The Balaban J connectivity index is 1.45. The highest BCUT2D eigenvalue weighted by Crippen LogP contribution is 2.45. The molecule has 0 saturated carbocycles. The standard InChI is InChI=1S/C22H21BrN4O4/c23-14-4-5-18-16(10-14)17(11-22(31-18)6-8-27(9-7-22)21(29)30)25-20(28)15-3-1-2-13-12-24-26-19(13)15/h1-5,10,12,17H,6-9,11H2,(H,24,26)(H,25,28)(H,29,30)/t17-/m0/s1. The zero-order valence-corrected chi connectivity index (χ0v) is 18.2. The second-order valence-electron chi connectivity index (χ2n) is 8.11. The lowest BCUT2D eigenvalue weighted by Crippen LogP contribution is -2.53. The van der Waals surface area contributed by atoms with E-state index in [-0.39, 0.29) is 11.9 Å². The number of aromatic nitrogens is 2. The van der Waals surface area contributed by atoms with E-state index in [0.717, 1.165) is 21.2 Å². The van der Waals surface area contributed by atoms with Crippen LogP contribution in [0.4, 0.5) is 4.79 Å². The minimum absolute atomic E-state index is 0.189. The van der Waals surface area contributed by atoms with Gasteiger partial charge in [-0.25, -0.2) is 4.79 Å². The summed E-state index contributed by atoms with van der Waals surface area (Å²) in [6, 6.07) is 11.0. The quantitative estimate of drug-likeness (QED) is 0.507. The fourth-order valence-corrected chi connectivity index (χ4v) is 4.95. The fourth-order valence-electron chi connectivity index (χ4n) is 4.58. The van der Waals surface area contributed by atoms with Crippen LogP contribution < -0.4 is 10.1 Å². The number of nitrogens with zero attached hydrogens (tertiary/aromatic N) is 2. The third-order valence-electron chi connectivity index (χ3n) is 6.22. The van der Waals surface area contributed by atoms with Crippen molar-refractivity contribution in [1.29, 1.82) is 0 Å². The van der Waals surface area contributed by atoms with Gasteiger partial charge in [0.25, 0.3) is 5.91 Å². The van der Waals surface area contributed by atoms with Gasteiger partial charge in [0.1, 0.15) is 11.4 Å². The Kier molecular flexibility index (Phi) is 4.85. The van der Waals surface area contributed by atoms with Crippen molar-refractivity contribution in [1.82, 2.24) is 20.4 Å². The van der Waals surface area contributed by atoms with Crippen LogP contribution in [-0.2, 0) is 0 Å². The van der Waals surface area contributed by atoms with Crippen LogP contribution in [0.3, 0.4) is 0 Å². The van der Waals surface area contributed by atoms with Gasteiger partial charge in [-0.05, 0) is 24.3 Å². The molecule has 8 nitrogen and oxygen atoms in total. The van der Waals surface area contributed by atoms with E-state index >= 15 is 0 Å². The molecule has 0 bridgehead atoms. The lowest BCUT2D eigenvalue weighted by Gasteiger charge is -2.46. The average Bonchev–Trinajstić information content (AvgIpc) is 3.23. The van der Waals surface area contributed by atoms with Gasteiger partial charge >= 0.3 is 6.09 Å². The number of fused-ring (bicyclic) bond motifs is 2. The molecule has 31 heavy (non-hydrogen) atoms. The zero-order valence-electron chi connectivity index (χ0n) is 16.6. The first-order valence-corrected chi connectivity index (χ1v) is 10.9. The van der Waals surface area contributed by atoms with Crippen molar-refractivity contribution in [3.8, 4) is 5.75 Å². The van der Waals surface area contributed by atoms with Crippen LogP contribution in [0.1, 0.15) is 41.2 Å². The Morgan fingerprint density at radius 3 is 2.84 bits per heavy atom. The third-order valence-corrected chi connectivity index (χ3v) is 6.71. The fraction of sp³-hybridized carbons (Fsp3) is 0.318. The molecule has 1 fully saturated rings. The Bertz CT molecular complexity index is 1170. The average molecular weight is 485 g/mol. The number of aromatic amines is 1. The van der Waals surface area contributed by atoms with Gasteiger partial charge in [-0.1, -0.05) is 28.1 Å². The topological polar surface area (TPSA) is 108 Å². The summed E-state index contributed by atoms with van der Waals surface area (Å²) in [5.41, 5.74) is 1.63. The number of hydrogen-bond donors (Lipinski definition) is 3. The van der Waals surface area contributed by atoms with E-state index in [9.17, 15) is 14.7 Å². The molecule has 9 heteroatoms. The maximum absolute atomic E-state index is 13.2. The van der Waals surface area contributed by atoms with Crippen LogP contribution in [-0.4, -0.2) is 50.9 Å². The van der Waals surface area contributed by atoms with Gasteiger partial charge in [0.2, 0.25) is 0 Å². The number of carbonyl (C=O) groups is 2. The summed E-state index contributed by atoms with van der Waals surface area (Å²) in [5.74, 6) is 0.536. The second kappa shape index (κ2) is 7.56. The molecular weight excluding hydrogens is 464 g/mol. The minimum atomic E-state index is -0.910. The summed E-state index contributed by atoms with van der Waals surface area (Å²) in [5, 5.41) is 20.3. The van der Waals surface area contributed by atoms with Gasteiger partial charge in [0.05, 0.1) is 23.3 Å². The summed E-state index contributed by atoms with van der Waals surface area (Å²) in [4.78, 5) is 26.0. The van der Waals surface area contributed by atoms with E-state index in [2.05, 4.69) is 31.4 Å². The maximum Gasteiger partial charge on any atom is 0.407 e.